The van der Waals surface area contributed by atoms with Gasteiger partial charge in [0, 0.05) is 9.52 Å². The Bertz CT molecular complexity index is 226. The summed E-state index contributed by atoms with van der Waals surface area (Å²) < 4.78 is 80.2. The number of hydrogen-bond donors (Lipinski definition) is 1. The molecule has 0 rings (SSSR count). The highest BCUT2D eigenvalue weighted by atomic mass is 28.2. The van der Waals surface area contributed by atoms with Crippen LogP contribution >= 0.6 is 0 Å². The minimum atomic E-state index is -5.55. The molecule has 0 atom stereocenters. The fraction of sp³-hybridized carbons (Fsp3) is 1.00. The van der Waals surface area contributed by atoms with Crippen LogP contribution in [0.2, 0.25) is 12.6 Å². The fourth-order valence-electron chi connectivity index (χ4n) is 1.52. The molecule has 1 N–H and O–H groups in total. The second-order valence-corrected chi connectivity index (χ2v) is 5.56. The third kappa shape index (κ3) is 4.13. The van der Waals surface area contributed by atoms with Gasteiger partial charge in [0.1, 0.15) is 0 Å². The first-order valence-corrected chi connectivity index (χ1v) is 7.92. The number of aliphatic hydroxyl groups excluding tert-OH is 1. The van der Waals surface area contributed by atoms with Gasteiger partial charge in [-0.2, -0.15) is 26.3 Å². The van der Waals surface area contributed by atoms with Crippen LogP contribution < -0.4 is 0 Å². The van der Waals surface area contributed by atoms with Crippen molar-refractivity contribution in [3.8, 4) is 0 Å². The molecule has 0 aromatic carbocycles. The van der Waals surface area contributed by atoms with Gasteiger partial charge in [-0.1, -0.05) is 19.0 Å². The summed E-state index contributed by atoms with van der Waals surface area (Å²) in [7, 11) is -0.601. The molecule has 0 aliphatic heterocycles. The summed E-state index contributed by atoms with van der Waals surface area (Å²) in [5, 5.41) is 8.38. The van der Waals surface area contributed by atoms with Crippen molar-refractivity contribution in [2.75, 3.05) is 13.2 Å². The van der Waals surface area contributed by atoms with Crippen LogP contribution in [0.4, 0.5) is 26.3 Å². The molecule has 0 spiro atoms. The molecule has 0 aliphatic rings. The van der Waals surface area contributed by atoms with Crippen LogP contribution in [-0.2, 0) is 4.74 Å². The van der Waals surface area contributed by atoms with E-state index in [1.54, 1.807) is 6.55 Å². The van der Waals surface area contributed by atoms with E-state index < -0.39 is 47.1 Å². The lowest BCUT2D eigenvalue weighted by atomic mass is 9.96. The van der Waals surface area contributed by atoms with E-state index in [0.717, 1.165) is 0 Å². The van der Waals surface area contributed by atoms with Crippen molar-refractivity contribution >= 4 is 9.52 Å². The largest absolute Gasteiger partial charge is 0.426 e. The van der Waals surface area contributed by atoms with E-state index >= 15 is 0 Å². The molecular formula is C9H16F6O2Si. The Morgan fingerprint density at radius 3 is 1.89 bits per heavy atom. The average molecular weight is 298 g/mol. The minimum absolute atomic E-state index is 0.187. The SMILES string of the molecule is C[SiH2]CCCC(OCCO)(C(F)(F)F)C(F)(F)F. The number of aliphatic hydroxyl groups is 1. The quantitative estimate of drug-likeness (QED) is 0.444. The van der Waals surface area contributed by atoms with Crippen molar-refractivity contribution < 1.29 is 36.2 Å². The van der Waals surface area contributed by atoms with Crippen molar-refractivity contribution in [2.45, 2.75) is 43.4 Å². The molecule has 0 aromatic heterocycles. The predicted octanol–water partition coefficient (Wildman–Crippen LogP) is 2.27. The van der Waals surface area contributed by atoms with Gasteiger partial charge in [-0.15, -0.1) is 0 Å². The Morgan fingerprint density at radius 1 is 1.06 bits per heavy atom. The van der Waals surface area contributed by atoms with E-state index in [2.05, 4.69) is 4.74 Å². The van der Waals surface area contributed by atoms with Crippen LogP contribution in [-0.4, -0.2) is 45.8 Å². The molecular weight excluding hydrogens is 282 g/mol. The van der Waals surface area contributed by atoms with E-state index in [4.69, 9.17) is 5.11 Å². The van der Waals surface area contributed by atoms with Crippen LogP contribution in [0.1, 0.15) is 12.8 Å². The van der Waals surface area contributed by atoms with Gasteiger partial charge in [-0.25, -0.2) is 0 Å². The van der Waals surface area contributed by atoms with Gasteiger partial charge in [0.05, 0.1) is 13.2 Å². The van der Waals surface area contributed by atoms with E-state index in [0.29, 0.717) is 6.04 Å². The highest BCUT2D eigenvalue weighted by Crippen LogP contribution is 2.48. The molecule has 0 aromatic rings. The molecule has 0 unspecified atom stereocenters. The first-order valence-electron chi connectivity index (χ1n) is 5.50. The van der Waals surface area contributed by atoms with Gasteiger partial charge in [0.15, 0.2) is 0 Å². The molecule has 0 fully saturated rings. The Balaban J connectivity index is 5.15. The summed E-state index contributed by atoms with van der Waals surface area (Å²) in [6.07, 6.45) is -12.4. The first kappa shape index (κ1) is 17.7. The summed E-state index contributed by atoms with van der Waals surface area (Å²) in [6.45, 7) is -0.0869. The van der Waals surface area contributed by atoms with E-state index in [9.17, 15) is 26.3 Å². The van der Waals surface area contributed by atoms with Crippen molar-refractivity contribution in [1.82, 2.24) is 0 Å². The van der Waals surface area contributed by atoms with Crippen molar-refractivity contribution in [2.24, 2.45) is 0 Å². The summed E-state index contributed by atoms with van der Waals surface area (Å²) in [5.41, 5.74) is -4.16. The number of ether oxygens (including phenoxy) is 1. The van der Waals surface area contributed by atoms with Gasteiger partial charge in [0.25, 0.3) is 5.60 Å². The van der Waals surface area contributed by atoms with E-state index in [1.807, 2.05) is 0 Å². The maximum absolute atomic E-state index is 12.7. The van der Waals surface area contributed by atoms with Crippen LogP contribution in [0.25, 0.3) is 0 Å². The Labute approximate surface area is 103 Å². The molecule has 0 radical (unpaired) electrons. The lowest BCUT2D eigenvalue weighted by Crippen LogP contribution is -2.59. The monoisotopic (exact) mass is 298 g/mol. The summed E-state index contributed by atoms with van der Waals surface area (Å²) in [4.78, 5) is 0. The van der Waals surface area contributed by atoms with E-state index in [-0.39, 0.29) is 6.42 Å². The molecule has 110 valence electrons. The Kier molecular flexibility index (Phi) is 6.65. The lowest BCUT2D eigenvalue weighted by Gasteiger charge is -2.37. The number of rotatable bonds is 7. The Hall–Kier alpha value is -0.283. The minimum Gasteiger partial charge on any atom is -0.394 e. The second-order valence-electron chi connectivity index (χ2n) is 3.85. The zero-order chi connectivity index (χ0) is 14.4. The molecule has 0 heterocycles. The van der Waals surface area contributed by atoms with Gasteiger partial charge in [-0.05, 0) is 6.42 Å². The maximum Gasteiger partial charge on any atom is 0.426 e. The van der Waals surface area contributed by atoms with Crippen LogP contribution in [0.15, 0.2) is 0 Å². The van der Waals surface area contributed by atoms with Gasteiger partial charge in [0.2, 0.25) is 0 Å². The summed E-state index contributed by atoms with van der Waals surface area (Å²) >= 11 is 0. The Morgan fingerprint density at radius 2 is 1.56 bits per heavy atom. The molecule has 0 saturated heterocycles. The van der Waals surface area contributed by atoms with E-state index in [1.165, 1.54) is 0 Å². The van der Waals surface area contributed by atoms with Crippen LogP contribution in [0.5, 0.6) is 0 Å². The average Bonchev–Trinajstić information content (AvgIpc) is 2.19. The second kappa shape index (κ2) is 6.76. The molecule has 18 heavy (non-hydrogen) atoms. The predicted molar refractivity (Wildman–Crippen MR) is 56.3 cm³/mol. The van der Waals surface area contributed by atoms with Crippen LogP contribution in [0.3, 0.4) is 0 Å². The smallest absolute Gasteiger partial charge is 0.394 e. The highest BCUT2D eigenvalue weighted by molar-refractivity contribution is 6.33. The molecule has 0 saturated carbocycles. The first-order chi connectivity index (χ1) is 8.12. The molecule has 9 heteroatoms. The molecule has 0 bridgehead atoms. The third-order valence-electron chi connectivity index (χ3n) is 2.49. The molecule has 0 amide bonds. The number of hydrogen-bond acceptors (Lipinski definition) is 2. The molecule has 0 aliphatic carbocycles. The topological polar surface area (TPSA) is 29.5 Å². The fourth-order valence-corrected chi connectivity index (χ4v) is 2.27. The van der Waals surface area contributed by atoms with Crippen LogP contribution in [0, 0.1) is 0 Å². The molecule has 2 nitrogen and oxygen atoms in total. The van der Waals surface area contributed by atoms with Crippen molar-refractivity contribution in [3.63, 3.8) is 0 Å². The number of alkyl halides is 6. The van der Waals surface area contributed by atoms with Crippen molar-refractivity contribution in [1.29, 1.82) is 0 Å². The maximum atomic E-state index is 12.7. The highest BCUT2D eigenvalue weighted by Gasteiger charge is 2.71. The normalized spacial score (nSPS) is 14.7. The zero-order valence-electron chi connectivity index (χ0n) is 9.87. The van der Waals surface area contributed by atoms with Gasteiger partial charge < -0.3 is 9.84 Å². The van der Waals surface area contributed by atoms with Gasteiger partial charge in [-0.3, -0.25) is 0 Å². The zero-order valence-corrected chi connectivity index (χ0v) is 11.3. The summed E-state index contributed by atoms with van der Waals surface area (Å²) in [5.74, 6) is 0. The lowest BCUT2D eigenvalue weighted by molar-refractivity contribution is -0.383. The third-order valence-corrected chi connectivity index (χ3v) is 3.70. The standard InChI is InChI=1S/C9H16F6O2Si/c1-18-6-2-3-7(8(10,11)12,9(13,14)15)17-5-4-16/h16H,2-6,18H2,1H3. The van der Waals surface area contributed by atoms with Gasteiger partial charge >= 0.3 is 12.4 Å². The number of halogens is 6. The summed E-state index contributed by atoms with van der Waals surface area (Å²) in [6, 6.07) is 0.385. The van der Waals surface area contributed by atoms with Crippen molar-refractivity contribution in [3.05, 3.63) is 0 Å².